The first-order chi connectivity index (χ1) is 37.4. The maximum absolute atomic E-state index is 11.1. The average Bonchev–Trinajstić information content (AvgIpc) is 4.15. The van der Waals surface area contributed by atoms with E-state index < -0.39 is 11.7 Å². The van der Waals surface area contributed by atoms with Gasteiger partial charge in [0, 0.05) is 24.7 Å². The molecule has 0 bridgehead atoms. The predicted octanol–water partition coefficient (Wildman–Crippen LogP) is 21.2. The largest absolute Gasteiger partial charge is 0.453 e. The molecular weight excluding hydrogens is 977 g/mol. The number of esters is 1. The van der Waals surface area contributed by atoms with Crippen molar-refractivity contribution >= 4 is 5.97 Å². The summed E-state index contributed by atoms with van der Waals surface area (Å²) in [7, 11) is 0. The molecule has 5 atom stereocenters. The van der Waals surface area contributed by atoms with Crippen LogP contribution in [0.5, 0.6) is 0 Å². The van der Waals surface area contributed by atoms with Gasteiger partial charge in [-0.05, 0) is 106 Å². The molecule has 0 amide bonds. The number of allylic oxidation sites excluding steroid dienone is 2. The number of hydrogen-bond donors (Lipinski definition) is 2. The lowest BCUT2D eigenvalue weighted by atomic mass is 9.73. The molecular formula is C76H108O4. The highest BCUT2D eigenvalue weighted by Crippen LogP contribution is 2.47. The van der Waals surface area contributed by atoms with Crippen molar-refractivity contribution in [2.75, 3.05) is 0 Å². The molecule has 80 heavy (non-hydrogen) atoms. The van der Waals surface area contributed by atoms with Crippen LogP contribution in [0.4, 0.5) is 0 Å². The lowest BCUT2D eigenvalue weighted by Gasteiger charge is -2.36. The zero-order valence-corrected chi connectivity index (χ0v) is 51.3. The summed E-state index contributed by atoms with van der Waals surface area (Å²) in [6, 6.07) is 51.3. The van der Waals surface area contributed by atoms with Gasteiger partial charge in [0.25, 0.3) is 0 Å². The van der Waals surface area contributed by atoms with Crippen molar-refractivity contribution in [1.29, 1.82) is 0 Å². The van der Waals surface area contributed by atoms with Crippen LogP contribution in [0.1, 0.15) is 207 Å². The van der Waals surface area contributed by atoms with E-state index in [1.807, 2.05) is 107 Å². The molecule has 2 fully saturated rings. The molecule has 7 rings (SSSR count). The first-order valence-corrected chi connectivity index (χ1v) is 29.7. The third-order valence-corrected chi connectivity index (χ3v) is 16.1. The summed E-state index contributed by atoms with van der Waals surface area (Å²) in [6.45, 7) is 48.2. The van der Waals surface area contributed by atoms with Crippen LogP contribution >= 0.6 is 0 Å². The predicted molar refractivity (Wildman–Crippen MR) is 347 cm³/mol. The van der Waals surface area contributed by atoms with Gasteiger partial charge in [-0.15, -0.1) is 0 Å². The summed E-state index contributed by atoms with van der Waals surface area (Å²) in [5.74, 6) is 4.45. The summed E-state index contributed by atoms with van der Waals surface area (Å²) in [4.78, 5) is 11.1. The summed E-state index contributed by atoms with van der Waals surface area (Å²) in [5, 5.41) is 20.8. The van der Waals surface area contributed by atoms with Gasteiger partial charge in [-0.3, -0.25) is 4.79 Å². The molecule has 436 valence electrons. The molecule has 0 radical (unpaired) electrons. The van der Waals surface area contributed by atoms with Gasteiger partial charge in [0.05, 0.1) is 5.60 Å². The summed E-state index contributed by atoms with van der Waals surface area (Å²) < 4.78 is 5.32. The number of benzene rings is 5. The number of aliphatic hydroxyl groups is 2. The Bertz CT molecular complexity index is 2540. The monoisotopic (exact) mass is 1080 g/mol. The van der Waals surface area contributed by atoms with E-state index in [2.05, 4.69) is 161 Å². The van der Waals surface area contributed by atoms with Crippen LogP contribution in [-0.2, 0) is 9.53 Å². The van der Waals surface area contributed by atoms with Gasteiger partial charge < -0.3 is 14.9 Å². The van der Waals surface area contributed by atoms with Crippen molar-refractivity contribution in [3.05, 3.63) is 240 Å². The molecule has 2 aliphatic rings. The Morgan fingerprint density at radius 1 is 0.463 bits per heavy atom. The SMILES string of the molecule is C.C=C(C(C)C)C(O)c1ccccc1.C=C(C(C)C)C(OC(C)=O)c1ccccc1.C=C(C(C)C)C(c1ccccc1)C(C)C.C=C(C(C)C)C(c1ccccc1)C1(O)CCCC1.C=C(C(C)C)C(c1ccccc1)C1CCCC1. The van der Waals surface area contributed by atoms with Gasteiger partial charge in [-0.25, -0.2) is 0 Å². The quantitative estimate of drug-likeness (QED) is 0.0639. The fourth-order valence-electron chi connectivity index (χ4n) is 10.9. The first-order valence-electron chi connectivity index (χ1n) is 29.7. The number of aliphatic hydroxyl groups excluding tert-OH is 1. The van der Waals surface area contributed by atoms with Crippen molar-refractivity contribution in [2.24, 2.45) is 41.4 Å². The standard InChI is InChI=1S/C17H24O.C17H24.C15H22.C14H18O2.C12H16O.CH4/c1-13(2)14(3)16(15-9-5-4-6-10-15)17(18)11-7-8-12-17;1-13(2)14(3)17(16-11-7-8-12-16)15-9-5-4-6-10-15;1-11(2)13(5)15(12(3)4)14-9-7-6-8-10-14;1-10(2)11(3)14(16-12(4)15)13-8-6-5-7-9-13;1-9(2)10(3)12(13)11-7-5-4-6-8-11;/h4-6,9-10,13,16,18H,3,7-8,11-12H2,1-2H3;4-6,9-10,13,16-17H,3,7-8,11-12H2,1-2H3;6-12,15H,5H2,1-4H3;5-10,14H,3H2,1-2,4H3;4-9,12-13H,3H2,1-2H3;1H4. The van der Waals surface area contributed by atoms with E-state index in [0.29, 0.717) is 41.4 Å². The van der Waals surface area contributed by atoms with Gasteiger partial charge in [-0.2, -0.15) is 0 Å². The van der Waals surface area contributed by atoms with Crippen LogP contribution in [0, 0.1) is 41.4 Å². The summed E-state index contributed by atoms with van der Waals surface area (Å²) >= 11 is 0. The van der Waals surface area contributed by atoms with Crippen molar-refractivity contribution < 1.29 is 19.7 Å². The highest BCUT2D eigenvalue weighted by Gasteiger charge is 2.42. The van der Waals surface area contributed by atoms with Gasteiger partial charge in [0.1, 0.15) is 12.2 Å². The normalized spacial score (nSPS) is 15.5. The minimum absolute atomic E-state index is 0. The van der Waals surface area contributed by atoms with Gasteiger partial charge in [-0.1, -0.05) is 317 Å². The van der Waals surface area contributed by atoms with Crippen molar-refractivity contribution in [3.8, 4) is 0 Å². The lowest BCUT2D eigenvalue weighted by molar-refractivity contribution is -0.145. The third-order valence-electron chi connectivity index (χ3n) is 16.1. The molecule has 0 heterocycles. The maximum atomic E-state index is 11.1. The number of carbonyl (C=O) groups is 1. The fraction of sp³-hybridized carbons (Fsp3) is 0.461. The van der Waals surface area contributed by atoms with Crippen LogP contribution in [0.15, 0.2) is 212 Å². The van der Waals surface area contributed by atoms with E-state index in [1.165, 1.54) is 60.4 Å². The molecule has 2 saturated carbocycles. The van der Waals surface area contributed by atoms with Crippen LogP contribution in [0.2, 0.25) is 0 Å². The molecule has 5 unspecified atom stereocenters. The van der Waals surface area contributed by atoms with Crippen molar-refractivity contribution in [2.45, 2.75) is 184 Å². The molecule has 2 aliphatic carbocycles. The van der Waals surface area contributed by atoms with Crippen LogP contribution in [0.3, 0.4) is 0 Å². The molecule has 0 spiro atoms. The zero-order valence-electron chi connectivity index (χ0n) is 51.3. The first kappa shape index (κ1) is 70.3. The molecule has 2 N–H and O–H groups in total. The van der Waals surface area contributed by atoms with Crippen molar-refractivity contribution in [1.82, 2.24) is 0 Å². The molecule has 0 aliphatic heterocycles. The Balaban J connectivity index is 0.000000342. The van der Waals surface area contributed by atoms with Crippen LogP contribution in [0.25, 0.3) is 0 Å². The second kappa shape index (κ2) is 35.8. The molecule has 4 nitrogen and oxygen atoms in total. The average molecular weight is 1090 g/mol. The zero-order chi connectivity index (χ0) is 58.8. The van der Waals surface area contributed by atoms with Crippen molar-refractivity contribution in [3.63, 3.8) is 0 Å². The fourth-order valence-corrected chi connectivity index (χ4v) is 10.9. The number of ether oxygens (including phenoxy) is 1. The third kappa shape index (κ3) is 22.3. The van der Waals surface area contributed by atoms with Crippen LogP contribution in [-0.4, -0.2) is 21.8 Å². The van der Waals surface area contributed by atoms with Gasteiger partial charge >= 0.3 is 5.97 Å². The topological polar surface area (TPSA) is 66.8 Å². The van der Waals surface area contributed by atoms with E-state index >= 15 is 0 Å². The Morgan fingerprint density at radius 3 is 1.18 bits per heavy atom. The van der Waals surface area contributed by atoms with E-state index in [1.54, 1.807) is 0 Å². The molecule has 5 aromatic carbocycles. The lowest BCUT2D eigenvalue weighted by Crippen LogP contribution is -2.35. The minimum atomic E-state index is -0.581. The van der Waals surface area contributed by atoms with E-state index in [0.717, 1.165) is 59.4 Å². The summed E-state index contributed by atoms with van der Waals surface area (Å²) in [5.41, 5.74) is 11.1. The van der Waals surface area contributed by atoms with E-state index in [-0.39, 0.29) is 31.3 Å². The highest BCUT2D eigenvalue weighted by molar-refractivity contribution is 5.66. The Hall–Kier alpha value is -5.81. The number of carbonyl (C=O) groups excluding carboxylic acids is 1. The van der Waals surface area contributed by atoms with E-state index in [4.69, 9.17) is 4.74 Å². The van der Waals surface area contributed by atoms with Gasteiger partial charge in [0.2, 0.25) is 0 Å². The molecule has 4 heteroatoms. The molecule has 0 aromatic heterocycles. The minimum Gasteiger partial charge on any atom is -0.453 e. The maximum Gasteiger partial charge on any atom is 0.303 e. The molecule has 0 saturated heterocycles. The highest BCUT2D eigenvalue weighted by atomic mass is 16.5. The number of rotatable bonds is 19. The number of hydrogen-bond acceptors (Lipinski definition) is 4. The molecule has 5 aromatic rings. The van der Waals surface area contributed by atoms with Crippen LogP contribution < -0.4 is 0 Å². The Morgan fingerprint density at radius 2 is 0.812 bits per heavy atom. The smallest absolute Gasteiger partial charge is 0.303 e. The van der Waals surface area contributed by atoms with E-state index in [9.17, 15) is 15.0 Å². The van der Waals surface area contributed by atoms with Gasteiger partial charge in [0.15, 0.2) is 0 Å². The summed E-state index contributed by atoms with van der Waals surface area (Å²) in [6.07, 6.45) is 8.77. The Kier molecular flexibility index (Phi) is 31.5. The second-order valence-electron chi connectivity index (χ2n) is 24.1. The Labute approximate surface area is 489 Å². The second-order valence-corrected chi connectivity index (χ2v) is 24.1.